The minimum atomic E-state index is -0.618. The van der Waals surface area contributed by atoms with Gasteiger partial charge in [-0.3, -0.25) is 9.18 Å². The quantitative estimate of drug-likeness (QED) is 0.291. The molecule has 0 aromatic heterocycles. The van der Waals surface area contributed by atoms with Crippen LogP contribution in [0.15, 0.2) is 60.7 Å². The van der Waals surface area contributed by atoms with Gasteiger partial charge in [-0.2, -0.15) is 0 Å². The maximum atomic E-state index is 15.2. The van der Waals surface area contributed by atoms with E-state index in [0.29, 0.717) is 23.2 Å². The Labute approximate surface area is 262 Å². The van der Waals surface area contributed by atoms with Crippen LogP contribution in [0.25, 0.3) is 17.3 Å². The van der Waals surface area contributed by atoms with Gasteiger partial charge in [0.2, 0.25) is 0 Å². The first kappa shape index (κ1) is 35.2. The van der Waals surface area contributed by atoms with E-state index in [2.05, 4.69) is 6.07 Å². The zero-order chi connectivity index (χ0) is 26.8. The SMILES string of the molecule is CN(C)C(=O)COc1cc[c-]c(-c2cc(C(CN)c3ccccc3)ccc2Cl)c1F.NC1CCCCC1.[NH2-].[Y]. The summed E-state index contributed by atoms with van der Waals surface area (Å²) in [6, 6.07) is 21.8. The van der Waals surface area contributed by atoms with Crippen molar-refractivity contribution in [1.29, 1.82) is 0 Å². The number of hydrogen-bond donors (Lipinski definition) is 2. The first-order valence-corrected chi connectivity index (χ1v) is 13.0. The molecular weight excluding hydrogens is 592 g/mol. The fourth-order valence-electron chi connectivity index (χ4n) is 4.27. The summed E-state index contributed by atoms with van der Waals surface area (Å²) in [5, 5.41) is 0.388. The molecule has 0 heterocycles. The number of benzene rings is 3. The van der Waals surface area contributed by atoms with Crippen LogP contribution in [0, 0.1) is 11.9 Å². The molecule has 6 N–H and O–H groups in total. The van der Waals surface area contributed by atoms with E-state index in [0.717, 1.165) is 11.1 Å². The van der Waals surface area contributed by atoms with Crippen LogP contribution in [0.5, 0.6) is 5.75 Å². The third-order valence-electron chi connectivity index (χ3n) is 6.50. The molecule has 1 fully saturated rings. The van der Waals surface area contributed by atoms with Crippen LogP contribution in [0.1, 0.15) is 49.1 Å². The number of ether oxygens (including phenoxy) is 1. The summed E-state index contributed by atoms with van der Waals surface area (Å²) in [4.78, 5) is 13.1. The smallest absolute Gasteiger partial charge is 0.259 e. The number of nitrogens with zero attached hydrogens (tertiary/aromatic N) is 1. The van der Waals surface area contributed by atoms with Crippen molar-refractivity contribution in [3.63, 3.8) is 0 Å². The average Bonchev–Trinajstić information content (AvgIpc) is 2.91. The van der Waals surface area contributed by atoms with Crippen molar-refractivity contribution in [2.45, 2.75) is 44.1 Å². The number of rotatable bonds is 7. The van der Waals surface area contributed by atoms with Crippen LogP contribution in [0.4, 0.5) is 4.39 Å². The van der Waals surface area contributed by atoms with Crippen molar-refractivity contribution in [3.05, 3.63) is 94.8 Å². The molecule has 9 heteroatoms. The van der Waals surface area contributed by atoms with Crippen LogP contribution in [-0.4, -0.2) is 44.1 Å². The van der Waals surface area contributed by atoms with Gasteiger partial charge in [0, 0.05) is 70.3 Å². The summed E-state index contributed by atoms with van der Waals surface area (Å²) in [5.74, 6) is -0.967. The summed E-state index contributed by atoms with van der Waals surface area (Å²) in [7, 11) is 3.22. The average molecular weight is 630 g/mol. The van der Waals surface area contributed by atoms with E-state index in [1.807, 2.05) is 42.5 Å². The number of hydrogen-bond acceptors (Lipinski definition) is 4. The molecule has 3 aromatic rings. The van der Waals surface area contributed by atoms with Gasteiger partial charge < -0.3 is 27.3 Å². The molecule has 0 spiro atoms. The Kier molecular flexibility index (Phi) is 16.0. The van der Waals surface area contributed by atoms with E-state index in [1.54, 1.807) is 26.2 Å². The Balaban J connectivity index is 0.000000736. The Hall–Kier alpha value is -1.87. The molecule has 1 radical (unpaired) electrons. The molecule has 209 valence electrons. The molecule has 4 rings (SSSR count). The second kappa shape index (κ2) is 17.7. The van der Waals surface area contributed by atoms with Gasteiger partial charge in [0.25, 0.3) is 5.91 Å². The maximum Gasteiger partial charge on any atom is 0.259 e. The Morgan fingerprint density at radius 2 is 1.77 bits per heavy atom. The minimum Gasteiger partial charge on any atom is -0.693 e. The Morgan fingerprint density at radius 1 is 1.10 bits per heavy atom. The second-order valence-corrected chi connectivity index (χ2v) is 9.85. The van der Waals surface area contributed by atoms with Crippen molar-refractivity contribution >= 4 is 17.5 Å². The van der Waals surface area contributed by atoms with E-state index < -0.39 is 5.82 Å². The molecule has 39 heavy (non-hydrogen) atoms. The van der Waals surface area contributed by atoms with E-state index in [1.165, 1.54) is 43.1 Å². The first-order valence-electron chi connectivity index (χ1n) is 12.6. The number of likely N-dealkylation sites (N-methyl/N-ethyl adjacent to an activating group) is 1. The van der Waals surface area contributed by atoms with Crippen LogP contribution in [-0.2, 0) is 37.5 Å². The predicted molar refractivity (Wildman–Crippen MR) is 154 cm³/mol. The van der Waals surface area contributed by atoms with Gasteiger partial charge in [0.15, 0.2) is 6.61 Å². The van der Waals surface area contributed by atoms with Crippen molar-refractivity contribution in [2.24, 2.45) is 11.5 Å². The van der Waals surface area contributed by atoms with Gasteiger partial charge in [0.05, 0.1) is 11.6 Å². The van der Waals surface area contributed by atoms with Crippen LogP contribution >= 0.6 is 11.6 Å². The standard InChI is InChI=1S/C24H23ClFN2O2.C6H13N.H2N.Y/c1-28(2)23(29)15-30-22-10-6-9-18(24(22)26)19-13-17(11-12-21(19)25)20(14-27)16-7-4-3-5-8-16;7-6-4-2-1-3-5-6;;/h3-8,10-13,20H,14-15,27H2,1-2H3;6H,1-5,7H2;1H2;/q-1;;-1;. The molecule has 1 amide bonds. The molecule has 1 saturated carbocycles. The van der Waals surface area contributed by atoms with Gasteiger partial charge in [-0.1, -0.05) is 91.0 Å². The zero-order valence-electron chi connectivity index (χ0n) is 22.7. The topological polar surface area (TPSA) is 115 Å². The van der Waals surface area contributed by atoms with E-state index in [9.17, 15) is 4.79 Å². The third kappa shape index (κ3) is 10.2. The van der Waals surface area contributed by atoms with Gasteiger partial charge >= 0.3 is 0 Å². The molecule has 3 aromatic carbocycles. The second-order valence-electron chi connectivity index (χ2n) is 9.44. The first-order chi connectivity index (χ1) is 17.8. The van der Waals surface area contributed by atoms with Crippen LogP contribution in [0.2, 0.25) is 5.02 Å². The Bertz CT molecular complexity index is 1160. The number of amides is 1. The summed E-state index contributed by atoms with van der Waals surface area (Å²) in [6.07, 6.45) is 6.66. The molecule has 0 saturated heterocycles. The number of nitrogens with two attached hydrogens (primary N) is 3. The van der Waals surface area contributed by atoms with Crippen LogP contribution in [0.3, 0.4) is 0 Å². The summed E-state index contributed by atoms with van der Waals surface area (Å²) in [6.45, 7) is 0.136. The van der Waals surface area contributed by atoms with Crippen molar-refractivity contribution in [3.8, 4) is 16.9 Å². The monoisotopic (exact) mass is 629 g/mol. The minimum absolute atomic E-state index is 0. The van der Waals surface area contributed by atoms with Crippen molar-refractivity contribution in [1.82, 2.24) is 4.90 Å². The fourth-order valence-corrected chi connectivity index (χ4v) is 4.48. The molecule has 1 aliphatic carbocycles. The van der Waals surface area contributed by atoms with Gasteiger partial charge in [-0.05, 0) is 24.0 Å². The molecular formula is C30H38ClFN4O2Y-2. The summed E-state index contributed by atoms with van der Waals surface area (Å²) < 4.78 is 20.5. The van der Waals surface area contributed by atoms with Crippen LogP contribution < -0.4 is 16.2 Å². The normalized spacial score (nSPS) is 13.6. The van der Waals surface area contributed by atoms with E-state index in [-0.39, 0.29) is 68.6 Å². The summed E-state index contributed by atoms with van der Waals surface area (Å²) in [5.41, 5.74) is 14.3. The van der Waals surface area contributed by atoms with Gasteiger partial charge in [-0.15, -0.1) is 17.7 Å². The molecule has 1 aliphatic rings. The van der Waals surface area contributed by atoms with Gasteiger partial charge in [0.1, 0.15) is 0 Å². The summed E-state index contributed by atoms with van der Waals surface area (Å²) >= 11 is 6.40. The van der Waals surface area contributed by atoms with E-state index in [4.69, 9.17) is 27.8 Å². The molecule has 1 atom stereocenters. The fraction of sp³-hybridized carbons (Fsp3) is 0.367. The molecule has 1 unspecified atom stereocenters. The maximum absolute atomic E-state index is 15.2. The molecule has 0 aliphatic heterocycles. The number of halogens is 2. The van der Waals surface area contributed by atoms with Crippen molar-refractivity contribution < 1.29 is 46.6 Å². The number of carbonyl (C=O) groups excluding carboxylic acids is 1. The van der Waals surface area contributed by atoms with E-state index >= 15 is 4.39 Å². The largest absolute Gasteiger partial charge is 0.693 e. The third-order valence-corrected chi connectivity index (χ3v) is 6.83. The van der Waals surface area contributed by atoms with Gasteiger partial charge in [-0.25, -0.2) is 0 Å². The van der Waals surface area contributed by atoms with Crippen molar-refractivity contribution in [2.75, 3.05) is 27.2 Å². The Morgan fingerprint density at radius 3 is 2.33 bits per heavy atom. The zero-order valence-corrected chi connectivity index (χ0v) is 26.3. The predicted octanol–water partition coefficient (Wildman–Crippen LogP) is 6.50. The number of carbonyl (C=O) groups is 1. The molecule has 0 bridgehead atoms. The molecule has 6 nitrogen and oxygen atoms in total.